The highest BCUT2D eigenvalue weighted by atomic mass is 35.5. The molecule has 2 rings (SSSR count). The highest BCUT2D eigenvalue weighted by Crippen LogP contribution is 2.22. The van der Waals surface area contributed by atoms with Crippen LogP contribution in [0.2, 0.25) is 5.02 Å². The molecule has 0 aromatic heterocycles. The second-order valence-electron chi connectivity index (χ2n) is 5.68. The molecule has 2 aromatic rings. The Balaban J connectivity index is 1.88. The fraction of sp³-hybridized carbons (Fsp3) is 0.263. The van der Waals surface area contributed by atoms with E-state index in [0.717, 1.165) is 12.1 Å². The number of halogens is 1. The van der Waals surface area contributed by atoms with Gasteiger partial charge in [0.1, 0.15) is 5.75 Å². The third-order valence-electron chi connectivity index (χ3n) is 3.73. The van der Waals surface area contributed by atoms with Crippen molar-refractivity contribution in [2.24, 2.45) is 0 Å². The monoisotopic (exact) mass is 391 g/mol. The molecule has 2 aromatic carbocycles. The largest absolute Gasteiger partial charge is 0.496 e. The Labute approximate surface area is 164 Å². The maximum Gasteiger partial charge on any atom is 0.273 e. The van der Waals surface area contributed by atoms with Crippen molar-refractivity contribution in [3.05, 3.63) is 58.6 Å². The summed E-state index contributed by atoms with van der Waals surface area (Å²) in [5.41, 5.74) is 7.65. The number of methoxy groups -OCH3 is 1. The molecule has 0 spiro atoms. The van der Waals surface area contributed by atoms with E-state index < -0.39 is 5.91 Å². The Morgan fingerprint density at radius 2 is 1.88 bits per heavy atom. The van der Waals surface area contributed by atoms with Crippen LogP contribution >= 0.6 is 23.8 Å². The van der Waals surface area contributed by atoms with Crippen LogP contribution in [0, 0.1) is 0 Å². The van der Waals surface area contributed by atoms with Crippen LogP contribution < -0.4 is 20.9 Å². The number of aryl methyl sites for hydroxylation is 1. The van der Waals surface area contributed by atoms with Gasteiger partial charge in [-0.3, -0.25) is 15.6 Å². The molecular weight excluding hydrogens is 370 g/mol. The quantitative estimate of drug-likeness (QED) is 0.505. The van der Waals surface area contributed by atoms with Crippen LogP contribution in [0.3, 0.4) is 0 Å². The van der Waals surface area contributed by atoms with E-state index in [1.807, 2.05) is 12.1 Å². The molecular formula is C19H22ClN3O2S. The lowest BCUT2D eigenvalue weighted by Gasteiger charge is -2.13. The molecule has 26 heavy (non-hydrogen) atoms. The molecule has 0 unspecified atom stereocenters. The summed E-state index contributed by atoms with van der Waals surface area (Å²) in [6.07, 6.45) is 3.41. The number of unbranched alkanes of at least 4 members (excludes halogenated alkanes) is 1. The number of ether oxygens (including phenoxy) is 1. The van der Waals surface area contributed by atoms with Crippen LogP contribution in [-0.4, -0.2) is 18.1 Å². The van der Waals surface area contributed by atoms with Gasteiger partial charge in [0.25, 0.3) is 5.91 Å². The molecule has 5 nitrogen and oxygen atoms in total. The predicted octanol–water partition coefficient (Wildman–Crippen LogP) is 4.32. The zero-order chi connectivity index (χ0) is 18.9. The van der Waals surface area contributed by atoms with Gasteiger partial charge in [-0.1, -0.05) is 37.1 Å². The van der Waals surface area contributed by atoms with Crippen molar-refractivity contribution in [2.45, 2.75) is 26.2 Å². The molecule has 0 aliphatic carbocycles. The van der Waals surface area contributed by atoms with Gasteiger partial charge in [-0.05, 0) is 61.0 Å². The molecule has 0 aliphatic rings. The average Bonchev–Trinajstić information content (AvgIpc) is 2.65. The van der Waals surface area contributed by atoms with Gasteiger partial charge in [-0.2, -0.15) is 0 Å². The van der Waals surface area contributed by atoms with Crippen LogP contribution in [0.15, 0.2) is 42.5 Å². The Morgan fingerprint density at radius 3 is 2.54 bits per heavy atom. The highest BCUT2D eigenvalue weighted by Gasteiger charge is 2.13. The van der Waals surface area contributed by atoms with Crippen molar-refractivity contribution < 1.29 is 9.53 Å². The Bertz CT molecular complexity index is 766. The SMILES string of the molecule is CCCCc1ccc(NC(=S)NNC(=O)c2cc(Cl)ccc2OC)cc1. The van der Waals surface area contributed by atoms with Gasteiger partial charge in [0.05, 0.1) is 12.7 Å². The number of thiocarbonyl (C=S) groups is 1. The van der Waals surface area contributed by atoms with E-state index in [-0.39, 0.29) is 5.11 Å². The lowest BCUT2D eigenvalue weighted by Crippen LogP contribution is -2.43. The molecule has 0 bridgehead atoms. The Morgan fingerprint density at radius 1 is 1.15 bits per heavy atom. The van der Waals surface area contributed by atoms with Gasteiger partial charge < -0.3 is 10.1 Å². The summed E-state index contributed by atoms with van der Waals surface area (Å²) in [4.78, 5) is 12.3. The number of rotatable bonds is 6. The van der Waals surface area contributed by atoms with Gasteiger partial charge in [0.15, 0.2) is 5.11 Å². The highest BCUT2D eigenvalue weighted by molar-refractivity contribution is 7.80. The van der Waals surface area contributed by atoms with Crippen LogP contribution in [0.1, 0.15) is 35.7 Å². The lowest BCUT2D eigenvalue weighted by atomic mass is 10.1. The average molecular weight is 392 g/mol. The maximum absolute atomic E-state index is 12.3. The molecule has 7 heteroatoms. The van der Waals surface area contributed by atoms with Gasteiger partial charge in [0.2, 0.25) is 0 Å². The lowest BCUT2D eigenvalue weighted by molar-refractivity contribution is 0.0941. The second kappa shape index (κ2) is 9.99. The van der Waals surface area contributed by atoms with E-state index in [0.29, 0.717) is 16.3 Å². The number of hydrazine groups is 1. The first-order valence-electron chi connectivity index (χ1n) is 8.33. The third kappa shape index (κ3) is 5.89. The smallest absolute Gasteiger partial charge is 0.273 e. The minimum atomic E-state index is -0.400. The van der Waals surface area contributed by atoms with Gasteiger partial charge in [-0.25, -0.2) is 0 Å². The van der Waals surface area contributed by atoms with Crippen molar-refractivity contribution >= 4 is 40.5 Å². The minimum absolute atomic E-state index is 0.278. The molecule has 1 amide bonds. The summed E-state index contributed by atoms with van der Waals surface area (Å²) in [6, 6.07) is 12.9. The van der Waals surface area contributed by atoms with Crippen LogP contribution in [-0.2, 0) is 6.42 Å². The number of hydrogen-bond acceptors (Lipinski definition) is 3. The molecule has 0 aliphatic heterocycles. The summed E-state index contributed by atoms with van der Waals surface area (Å²) in [5.74, 6) is 0.0265. The fourth-order valence-corrected chi connectivity index (χ4v) is 2.68. The van der Waals surface area contributed by atoms with E-state index >= 15 is 0 Å². The summed E-state index contributed by atoms with van der Waals surface area (Å²) < 4.78 is 5.17. The predicted molar refractivity (Wildman–Crippen MR) is 110 cm³/mol. The van der Waals surface area contributed by atoms with Crippen molar-refractivity contribution in [3.63, 3.8) is 0 Å². The van der Waals surface area contributed by atoms with E-state index in [1.54, 1.807) is 12.1 Å². The maximum atomic E-state index is 12.3. The number of amides is 1. The van der Waals surface area contributed by atoms with Gasteiger partial charge in [-0.15, -0.1) is 0 Å². The van der Waals surface area contributed by atoms with Gasteiger partial charge in [0, 0.05) is 10.7 Å². The number of hydrogen-bond donors (Lipinski definition) is 3. The fourth-order valence-electron chi connectivity index (χ4n) is 2.34. The first kappa shape index (κ1) is 20.0. The Hall–Kier alpha value is -2.31. The third-order valence-corrected chi connectivity index (χ3v) is 4.17. The molecule has 0 fully saturated rings. The number of carbonyl (C=O) groups excluding carboxylic acids is 1. The zero-order valence-corrected chi connectivity index (χ0v) is 16.3. The molecule has 0 saturated heterocycles. The molecule has 0 heterocycles. The summed E-state index contributed by atoms with van der Waals surface area (Å²) in [6.45, 7) is 2.17. The molecule has 0 atom stereocenters. The van der Waals surface area contributed by atoms with Gasteiger partial charge >= 0.3 is 0 Å². The summed E-state index contributed by atoms with van der Waals surface area (Å²) in [5, 5.41) is 3.74. The van der Waals surface area contributed by atoms with Crippen molar-refractivity contribution in [3.8, 4) is 5.75 Å². The van der Waals surface area contributed by atoms with Crippen molar-refractivity contribution in [1.29, 1.82) is 0 Å². The standard InChI is InChI=1S/C19H22ClN3O2S/c1-3-4-5-13-6-9-15(10-7-13)21-19(26)23-22-18(24)16-12-14(20)8-11-17(16)25-2/h6-12H,3-5H2,1-2H3,(H,22,24)(H2,21,23,26). The van der Waals surface area contributed by atoms with Crippen LogP contribution in [0.5, 0.6) is 5.75 Å². The van der Waals surface area contributed by atoms with E-state index in [9.17, 15) is 4.79 Å². The molecule has 3 N–H and O–H groups in total. The number of anilines is 1. The van der Waals surface area contributed by atoms with Crippen LogP contribution in [0.4, 0.5) is 5.69 Å². The number of benzene rings is 2. The van der Waals surface area contributed by atoms with Crippen molar-refractivity contribution in [1.82, 2.24) is 10.9 Å². The zero-order valence-electron chi connectivity index (χ0n) is 14.8. The number of nitrogens with one attached hydrogen (secondary N) is 3. The topological polar surface area (TPSA) is 62.4 Å². The first-order chi connectivity index (χ1) is 12.5. The summed E-state index contributed by atoms with van der Waals surface area (Å²) in [7, 11) is 1.49. The van der Waals surface area contributed by atoms with E-state index in [2.05, 4.69) is 35.2 Å². The number of carbonyl (C=O) groups is 1. The van der Waals surface area contributed by atoms with E-state index in [4.69, 9.17) is 28.6 Å². The normalized spacial score (nSPS) is 10.1. The van der Waals surface area contributed by atoms with Crippen molar-refractivity contribution in [2.75, 3.05) is 12.4 Å². The Kier molecular flexibility index (Phi) is 7.69. The van der Waals surface area contributed by atoms with Crippen LogP contribution in [0.25, 0.3) is 0 Å². The summed E-state index contributed by atoms with van der Waals surface area (Å²) >= 11 is 11.1. The minimum Gasteiger partial charge on any atom is -0.496 e. The molecule has 138 valence electrons. The van der Waals surface area contributed by atoms with E-state index in [1.165, 1.54) is 31.6 Å². The second-order valence-corrected chi connectivity index (χ2v) is 6.52. The molecule has 0 radical (unpaired) electrons. The first-order valence-corrected chi connectivity index (χ1v) is 9.12. The molecule has 0 saturated carbocycles.